The monoisotopic (exact) mass is 384 g/mol. The summed E-state index contributed by atoms with van der Waals surface area (Å²) < 4.78 is 4.09. The summed E-state index contributed by atoms with van der Waals surface area (Å²) in [4.78, 5) is 7.92. The molecule has 0 spiro atoms. The number of rotatable bonds is 2. The molecule has 6 heteroatoms. The Balaban J connectivity index is 0.000000241. The molecule has 4 rings (SSSR count). The number of hydrogen-bond donors (Lipinski definition) is 0. The second-order valence-corrected chi connectivity index (χ2v) is 4.98. The molecule has 0 saturated carbocycles. The maximum atomic E-state index is 3.96. The highest BCUT2D eigenvalue weighted by Gasteiger charge is 2.01. The summed E-state index contributed by atoms with van der Waals surface area (Å²) in [5.74, 6) is 0. The van der Waals surface area contributed by atoms with Gasteiger partial charge in [0.1, 0.15) is 0 Å². The predicted molar refractivity (Wildman–Crippen MR) is 91.5 cm³/mol. The summed E-state index contributed by atoms with van der Waals surface area (Å²) in [5.41, 5.74) is 2.26. The molecule has 0 saturated heterocycles. The predicted octanol–water partition coefficient (Wildman–Crippen LogP) is -3.28. The van der Waals surface area contributed by atoms with E-state index in [0.717, 1.165) is 11.4 Å². The molecule has 0 unspecified atom stereocenters. The molecular weight excluding hydrogens is 367 g/mol. The lowest BCUT2D eigenvalue weighted by atomic mass is 10.4. The molecular formula is C20H18Cl2N4. The van der Waals surface area contributed by atoms with Crippen molar-refractivity contribution in [3.05, 3.63) is 110 Å². The summed E-state index contributed by atoms with van der Waals surface area (Å²) in [7, 11) is 0. The van der Waals surface area contributed by atoms with Gasteiger partial charge in [0, 0.05) is 73.3 Å². The molecule has 0 atom stereocenters. The first-order valence-electron chi connectivity index (χ1n) is 7.67. The number of pyridine rings is 4. The van der Waals surface area contributed by atoms with E-state index in [2.05, 4.69) is 9.97 Å². The van der Waals surface area contributed by atoms with Gasteiger partial charge in [0.15, 0.2) is 24.8 Å². The first-order valence-corrected chi connectivity index (χ1v) is 7.67. The fourth-order valence-corrected chi connectivity index (χ4v) is 2.17. The van der Waals surface area contributed by atoms with Crippen molar-refractivity contribution in [3.63, 3.8) is 0 Å². The van der Waals surface area contributed by atoms with Gasteiger partial charge in [-0.2, -0.15) is 9.13 Å². The van der Waals surface area contributed by atoms with Crippen LogP contribution in [0.5, 0.6) is 0 Å². The molecule has 0 amide bonds. The zero-order valence-corrected chi connectivity index (χ0v) is 15.4. The molecule has 0 aliphatic rings. The van der Waals surface area contributed by atoms with Crippen molar-refractivity contribution in [2.45, 2.75) is 0 Å². The second-order valence-electron chi connectivity index (χ2n) is 4.98. The van der Waals surface area contributed by atoms with E-state index in [1.54, 1.807) is 24.8 Å². The van der Waals surface area contributed by atoms with Crippen LogP contribution in [-0.4, -0.2) is 9.97 Å². The smallest absolute Gasteiger partial charge is 0.213 e. The summed E-state index contributed by atoms with van der Waals surface area (Å²) in [5, 5.41) is 0. The van der Waals surface area contributed by atoms with Crippen LogP contribution in [0.15, 0.2) is 110 Å². The van der Waals surface area contributed by atoms with Crippen LogP contribution in [0, 0.1) is 0 Å². The van der Waals surface area contributed by atoms with E-state index in [1.807, 2.05) is 94.6 Å². The van der Waals surface area contributed by atoms with Crippen molar-refractivity contribution in [1.29, 1.82) is 0 Å². The molecule has 4 aromatic heterocycles. The summed E-state index contributed by atoms with van der Waals surface area (Å²) in [6.45, 7) is 0. The standard InChI is InChI=1S/2C10H9N2.2ClH/c2*1-2-8-12(9-3-1)10-4-6-11-7-5-10;;/h2*1-9H;2*1H/q2*+1;;/p-2. The van der Waals surface area contributed by atoms with Gasteiger partial charge in [0.2, 0.25) is 11.4 Å². The van der Waals surface area contributed by atoms with Crippen LogP contribution in [0.25, 0.3) is 11.4 Å². The van der Waals surface area contributed by atoms with Gasteiger partial charge in [0.25, 0.3) is 0 Å². The fraction of sp³-hybridized carbons (Fsp3) is 0. The van der Waals surface area contributed by atoms with E-state index in [1.165, 1.54) is 0 Å². The van der Waals surface area contributed by atoms with Crippen molar-refractivity contribution in [2.24, 2.45) is 0 Å². The van der Waals surface area contributed by atoms with Crippen molar-refractivity contribution < 1.29 is 33.9 Å². The zero-order chi connectivity index (χ0) is 16.5. The third-order valence-corrected chi connectivity index (χ3v) is 3.35. The minimum atomic E-state index is 0. The summed E-state index contributed by atoms with van der Waals surface area (Å²) >= 11 is 0. The topological polar surface area (TPSA) is 33.5 Å². The van der Waals surface area contributed by atoms with Gasteiger partial charge in [-0.05, 0) is 0 Å². The van der Waals surface area contributed by atoms with Gasteiger partial charge in [-0.3, -0.25) is 9.97 Å². The highest BCUT2D eigenvalue weighted by atomic mass is 35.5. The summed E-state index contributed by atoms with van der Waals surface area (Å²) in [6.07, 6.45) is 15.2. The molecule has 0 aliphatic heterocycles. The Morgan fingerprint density at radius 1 is 0.462 bits per heavy atom. The first kappa shape index (κ1) is 21.2. The van der Waals surface area contributed by atoms with Crippen molar-refractivity contribution in [1.82, 2.24) is 9.97 Å². The Morgan fingerprint density at radius 3 is 1.08 bits per heavy atom. The van der Waals surface area contributed by atoms with Crippen LogP contribution in [0.2, 0.25) is 0 Å². The quantitative estimate of drug-likeness (QED) is 0.340. The molecule has 4 aromatic rings. The Bertz CT molecular complexity index is 696. The van der Waals surface area contributed by atoms with Crippen molar-refractivity contribution >= 4 is 0 Å². The highest BCUT2D eigenvalue weighted by molar-refractivity contribution is 5.17. The van der Waals surface area contributed by atoms with E-state index in [0.29, 0.717) is 0 Å². The molecule has 4 nitrogen and oxygen atoms in total. The van der Waals surface area contributed by atoms with Gasteiger partial charge in [-0.15, -0.1) is 0 Å². The molecule has 26 heavy (non-hydrogen) atoms. The third-order valence-electron chi connectivity index (χ3n) is 3.35. The van der Waals surface area contributed by atoms with Crippen LogP contribution < -0.4 is 33.9 Å². The molecule has 4 heterocycles. The fourth-order valence-electron chi connectivity index (χ4n) is 2.17. The number of aromatic nitrogens is 4. The average Bonchev–Trinajstić information content (AvgIpc) is 2.71. The molecule has 0 aromatic carbocycles. The molecule has 132 valence electrons. The Morgan fingerprint density at radius 2 is 0.769 bits per heavy atom. The second kappa shape index (κ2) is 11.7. The van der Waals surface area contributed by atoms with Crippen molar-refractivity contribution in [3.8, 4) is 11.4 Å². The number of hydrogen-bond acceptors (Lipinski definition) is 2. The van der Waals surface area contributed by atoms with Gasteiger partial charge in [0.05, 0.1) is 0 Å². The lowest BCUT2D eigenvalue weighted by molar-refractivity contribution is -0.596. The molecule has 0 N–H and O–H groups in total. The number of nitrogens with zero attached hydrogens (tertiary/aromatic N) is 4. The Hall–Kier alpha value is -2.82. The summed E-state index contributed by atoms with van der Waals surface area (Å²) in [6, 6.07) is 19.9. The average molecular weight is 385 g/mol. The van der Waals surface area contributed by atoms with E-state index >= 15 is 0 Å². The molecule has 0 aliphatic carbocycles. The third kappa shape index (κ3) is 6.24. The van der Waals surface area contributed by atoms with Crippen LogP contribution in [0.4, 0.5) is 0 Å². The normalized spacial score (nSPS) is 8.92. The van der Waals surface area contributed by atoms with Crippen LogP contribution in [-0.2, 0) is 0 Å². The Kier molecular flexibility index (Phi) is 9.54. The van der Waals surface area contributed by atoms with Crippen LogP contribution in [0.1, 0.15) is 0 Å². The maximum absolute atomic E-state index is 3.96. The minimum Gasteiger partial charge on any atom is -1.00 e. The SMILES string of the molecule is [Cl-].[Cl-].c1cc[n+](-c2ccncc2)cc1.c1cc[n+](-c2ccncc2)cc1. The van der Waals surface area contributed by atoms with Crippen LogP contribution >= 0.6 is 0 Å². The molecule has 0 bridgehead atoms. The minimum absolute atomic E-state index is 0. The lowest BCUT2D eigenvalue weighted by Gasteiger charge is -1.91. The molecule has 0 radical (unpaired) electrons. The lowest BCUT2D eigenvalue weighted by Crippen LogP contribution is -3.00. The highest BCUT2D eigenvalue weighted by Crippen LogP contribution is 1.94. The van der Waals surface area contributed by atoms with E-state index < -0.39 is 0 Å². The van der Waals surface area contributed by atoms with E-state index in [-0.39, 0.29) is 24.8 Å². The van der Waals surface area contributed by atoms with Gasteiger partial charge in [-0.1, -0.05) is 12.1 Å². The van der Waals surface area contributed by atoms with E-state index in [9.17, 15) is 0 Å². The van der Waals surface area contributed by atoms with Gasteiger partial charge >= 0.3 is 0 Å². The largest absolute Gasteiger partial charge is 1.00 e. The maximum Gasteiger partial charge on any atom is 0.213 e. The van der Waals surface area contributed by atoms with Crippen molar-refractivity contribution in [2.75, 3.05) is 0 Å². The Labute approximate surface area is 165 Å². The van der Waals surface area contributed by atoms with Gasteiger partial charge in [-0.25, -0.2) is 0 Å². The first-order chi connectivity index (χ1) is 11.9. The number of halogens is 2. The molecule has 0 fully saturated rings. The van der Waals surface area contributed by atoms with E-state index in [4.69, 9.17) is 0 Å². The van der Waals surface area contributed by atoms with Crippen LogP contribution in [0.3, 0.4) is 0 Å². The zero-order valence-electron chi connectivity index (χ0n) is 13.9. The van der Waals surface area contributed by atoms with Gasteiger partial charge < -0.3 is 24.8 Å².